The molecule has 1 aliphatic rings. The molecule has 3 heteroatoms. The number of benzene rings is 1. The number of aryl methyl sites for hydroxylation is 2. The first-order chi connectivity index (χ1) is 9.78. The number of nitrogens with one attached hydrogen (secondary N) is 2. The van der Waals surface area contributed by atoms with Gasteiger partial charge in [-0.25, -0.2) is 4.98 Å². The van der Waals surface area contributed by atoms with Gasteiger partial charge < -0.3 is 10.3 Å². The maximum absolute atomic E-state index is 4.84. The van der Waals surface area contributed by atoms with Gasteiger partial charge in [0.05, 0.1) is 11.7 Å². The topological polar surface area (TPSA) is 40.7 Å². The maximum atomic E-state index is 4.84. The molecule has 3 nitrogen and oxygen atoms in total. The average Bonchev–Trinajstić information content (AvgIpc) is 2.90. The Balaban J connectivity index is 1.87. The van der Waals surface area contributed by atoms with Crippen molar-refractivity contribution in [3.05, 3.63) is 41.3 Å². The fourth-order valence-corrected chi connectivity index (χ4v) is 2.91. The lowest BCUT2D eigenvalue weighted by molar-refractivity contribution is 0.399. The molecular formula is C17H23N3. The molecule has 1 saturated heterocycles. The highest BCUT2D eigenvalue weighted by atomic mass is 15.0. The van der Waals surface area contributed by atoms with Crippen LogP contribution in [-0.4, -0.2) is 16.5 Å². The third kappa shape index (κ3) is 2.63. The zero-order chi connectivity index (χ0) is 13.9. The summed E-state index contributed by atoms with van der Waals surface area (Å²) in [7, 11) is 0. The quantitative estimate of drug-likeness (QED) is 0.890. The number of aromatic amines is 1. The number of H-pyrrole nitrogens is 1. The van der Waals surface area contributed by atoms with Crippen LogP contribution in [0.1, 0.15) is 49.3 Å². The summed E-state index contributed by atoms with van der Waals surface area (Å²) in [5, 5.41) is 3.55. The van der Waals surface area contributed by atoms with Gasteiger partial charge in [-0.3, -0.25) is 0 Å². The Morgan fingerprint density at radius 1 is 1.20 bits per heavy atom. The lowest BCUT2D eigenvalue weighted by atomic mass is 10.0. The molecule has 2 aromatic rings. The van der Waals surface area contributed by atoms with Crippen molar-refractivity contribution < 1.29 is 0 Å². The van der Waals surface area contributed by atoms with Crippen molar-refractivity contribution in [2.45, 2.75) is 45.6 Å². The molecule has 1 aromatic heterocycles. The van der Waals surface area contributed by atoms with Gasteiger partial charge in [-0.2, -0.15) is 0 Å². The Morgan fingerprint density at radius 2 is 2.00 bits per heavy atom. The Hall–Kier alpha value is -1.61. The standard InChI is InChI=1S/C17H23N3/c1-3-13-7-9-14(10-8-13)16-12(2)19-17(20-16)15-6-4-5-11-18-15/h7-10,15,18H,3-6,11H2,1-2H3,(H,19,20). The molecular weight excluding hydrogens is 246 g/mol. The van der Waals surface area contributed by atoms with Crippen molar-refractivity contribution in [1.29, 1.82) is 0 Å². The molecule has 1 aliphatic heterocycles. The van der Waals surface area contributed by atoms with Crippen LogP contribution < -0.4 is 5.32 Å². The molecule has 2 N–H and O–H groups in total. The maximum Gasteiger partial charge on any atom is 0.124 e. The zero-order valence-electron chi connectivity index (χ0n) is 12.4. The fourth-order valence-electron chi connectivity index (χ4n) is 2.91. The second kappa shape index (κ2) is 5.80. The van der Waals surface area contributed by atoms with Gasteiger partial charge in [0.15, 0.2) is 0 Å². The van der Waals surface area contributed by atoms with Crippen molar-refractivity contribution >= 4 is 0 Å². The van der Waals surface area contributed by atoms with Crippen LogP contribution in [0, 0.1) is 6.92 Å². The summed E-state index contributed by atoms with van der Waals surface area (Å²) in [5.41, 5.74) is 4.83. The van der Waals surface area contributed by atoms with Crippen LogP contribution in [-0.2, 0) is 6.42 Å². The normalized spacial score (nSPS) is 19.2. The molecule has 2 heterocycles. The highest BCUT2D eigenvalue weighted by Gasteiger charge is 2.19. The molecule has 20 heavy (non-hydrogen) atoms. The SMILES string of the molecule is CCc1ccc(-c2nc(C3CCCCN3)[nH]c2C)cc1. The summed E-state index contributed by atoms with van der Waals surface area (Å²) in [6.07, 6.45) is 4.83. The van der Waals surface area contributed by atoms with E-state index in [4.69, 9.17) is 4.98 Å². The molecule has 106 valence electrons. The van der Waals surface area contributed by atoms with Crippen LogP contribution in [0.15, 0.2) is 24.3 Å². The number of rotatable bonds is 3. The Morgan fingerprint density at radius 3 is 2.65 bits per heavy atom. The van der Waals surface area contributed by atoms with Crippen molar-refractivity contribution in [1.82, 2.24) is 15.3 Å². The molecule has 1 unspecified atom stereocenters. The highest BCUT2D eigenvalue weighted by molar-refractivity contribution is 5.62. The summed E-state index contributed by atoms with van der Waals surface area (Å²) in [6.45, 7) is 5.40. The van der Waals surface area contributed by atoms with E-state index in [0.29, 0.717) is 6.04 Å². The lowest BCUT2D eigenvalue weighted by Crippen LogP contribution is -2.27. The van der Waals surface area contributed by atoms with Gasteiger partial charge in [0.1, 0.15) is 5.82 Å². The van der Waals surface area contributed by atoms with Gasteiger partial charge in [0.25, 0.3) is 0 Å². The minimum atomic E-state index is 0.395. The van der Waals surface area contributed by atoms with Crippen LogP contribution >= 0.6 is 0 Å². The third-order valence-corrected chi connectivity index (χ3v) is 4.18. The second-order valence-corrected chi connectivity index (χ2v) is 5.65. The highest BCUT2D eigenvalue weighted by Crippen LogP contribution is 2.26. The van der Waals surface area contributed by atoms with Crippen LogP contribution in [0.3, 0.4) is 0 Å². The summed E-state index contributed by atoms with van der Waals surface area (Å²) in [4.78, 5) is 8.31. The van der Waals surface area contributed by atoms with Crippen molar-refractivity contribution in [3.8, 4) is 11.3 Å². The van der Waals surface area contributed by atoms with Gasteiger partial charge in [0.2, 0.25) is 0 Å². The smallest absolute Gasteiger partial charge is 0.124 e. The van der Waals surface area contributed by atoms with Gasteiger partial charge >= 0.3 is 0 Å². The number of piperidine rings is 1. The second-order valence-electron chi connectivity index (χ2n) is 5.65. The molecule has 0 radical (unpaired) electrons. The monoisotopic (exact) mass is 269 g/mol. The first-order valence-electron chi connectivity index (χ1n) is 7.67. The van der Waals surface area contributed by atoms with Gasteiger partial charge in [0, 0.05) is 11.3 Å². The van der Waals surface area contributed by atoms with E-state index in [1.165, 1.54) is 30.4 Å². The molecule has 0 saturated carbocycles. The predicted octanol–water partition coefficient (Wildman–Crippen LogP) is 3.76. The van der Waals surface area contributed by atoms with E-state index in [9.17, 15) is 0 Å². The fraction of sp³-hybridized carbons (Fsp3) is 0.471. The molecule has 0 spiro atoms. The van der Waals surface area contributed by atoms with E-state index in [-0.39, 0.29) is 0 Å². The van der Waals surface area contributed by atoms with Crippen molar-refractivity contribution in [2.24, 2.45) is 0 Å². The first-order valence-corrected chi connectivity index (χ1v) is 7.67. The summed E-state index contributed by atoms with van der Waals surface area (Å²) in [5.74, 6) is 1.09. The Bertz CT molecular complexity index is 562. The summed E-state index contributed by atoms with van der Waals surface area (Å²) < 4.78 is 0. The van der Waals surface area contributed by atoms with Crippen LogP contribution in [0.5, 0.6) is 0 Å². The van der Waals surface area contributed by atoms with Gasteiger partial charge in [-0.05, 0) is 38.3 Å². The molecule has 0 aliphatic carbocycles. The molecule has 0 amide bonds. The molecule has 1 fully saturated rings. The predicted molar refractivity (Wildman–Crippen MR) is 82.7 cm³/mol. The van der Waals surface area contributed by atoms with Crippen LogP contribution in [0.25, 0.3) is 11.3 Å². The van der Waals surface area contributed by atoms with E-state index in [1.807, 2.05) is 0 Å². The Kier molecular flexibility index (Phi) is 3.88. The van der Waals surface area contributed by atoms with Crippen LogP contribution in [0.2, 0.25) is 0 Å². The van der Waals surface area contributed by atoms with Crippen molar-refractivity contribution in [2.75, 3.05) is 6.54 Å². The third-order valence-electron chi connectivity index (χ3n) is 4.18. The number of nitrogens with zero attached hydrogens (tertiary/aromatic N) is 1. The number of aromatic nitrogens is 2. The molecule has 1 aromatic carbocycles. The zero-order valence-corrected chi connectivity index (χ0v) is 12.4. The number of hydrogen-bond donors (Lipinski definition) is 2. The van der Waals surface area contributed by atoms with E-state index in [2.05, 4.69) is 48.4 Å². The van der Waals surface area contributed by atoms with E-state index in [1.54, 1.807) is 0 Å². The molecule has 1 atom stereocenters. The first kappa shape index (κ1) is 13.4. The summed E-state index contributed by atoms with van der Waals surface area (Å²) >= 11 is 0. The van der Waals surface area contributed by atoms with Crippen LogP contribution in [0.4, 0.5) is 0 Å². The minimum absolute atomic E-state index is 0.395. The van der Waals surface area contributed by atoms with E-state index < -0.39 is 0 Å². The summed E-state index contributed by atoms with van der Waals surface area (Å²) in [6, 6.07) is 9.15. The largest absolute Gasteiger partial charge is 0.344 e. The minimum Gasteiger partial charge on any atom is -0.344 e. The number of imidazole rings is 1. The molecule has 3 rings (SSSR count). The lowest BCUT2D eigenvalue weighted by Gasteiger charge is -2.21. The van der Waals surface area contributed by atoms with E-state index in [0.717, 1.165) is 30.2 Å². The molecule has 0 bridgehead atoms. The van der Waals surface area contributed by atoms with Gasteiger partial charge in [-0.15, -0.1) is 0 Å². The average molecular weight is 269 g/mol. The Labute approximate surface area is 120 Å². The van der Waals surface area contributed by atoms with Gasteiger partial charge in [-0.1, -0.05) is 37.6 Å². The van der Waals surface area contributed by atoms with E-state index >= 15 is 0 Å². The van der Waals surface area contributed by atoms with Crippen molar-refractivity contribution in [3.63, 3.8) is 0 Å². The number of hydrogen-bond acceptors (Lipinski definition) is 2.